The van der Waals surface area contributed by atoms with Crippen molar-refractivity contribution in [2.75, 3.05) is 0 Å². The zero-order valence-electron chi connectivity index (χ0n) is 12.1. The van der Waals surface area contributed by atoms with Crippen LogP contribution in [-0.4, -0.2) is 11.0 Å². The third kappa shape index (κ3) is 4.32. The molecule has 23 heavy (non-hydrogen) atoms. The molecule has 2 N–H and O–H groups in total. The zero-order chi connectivity index (χ0) is 17.0. The van der Waals surface area contributed by atoms with Crippen molar-refractivity contribution in [2.45, 2.75) is 13.1 Å². The highest BCUT2D eigenvalue weighted by molar-refractivity contribution is 5.92. The van der Waals surface area contributed by atoms with Gasteiger partial charge in [0, 0.05) is 17.3 Å². The van der Waals surface area contributed by atoms with Crippen LogP contribution in [0.2, 0.25) is 0 Å². The van der Waals surface area contributed by atoms with Crippen molar-refractivity contribution in [3.05, 3.63) is 65.5 Å². The third-order valence-corrected chi connectivity index (χ3v) is 2.97. The molecule has 0 saturated heterocycles. The highest BCUT2D eigenvalue weighted by Gasteiger charge is 2.32. The number of pyridine rings is 1. The summed E-state index contributed by atoms with van der Waals surface area (Å²) in [5, 5.41) is 0. The number of ether oxygens (including phenoxy) is 1. The Morgan fingerprint density at radius 2 is 1.91 bits per heavy atom. The molecule has 0 aliphatic rings. The van der Waals surface area contributed by atoms with Gasteiger partial charge in [0.2, 0.25) is 0 Å². The molecule has 1 heterocycles. The van der Waals surface area contributed by atoms with Crippen molar-refractivity contribution in [1.29, 1.82) is 0 Å². The quantitative estimate of drug-likeness (QED) is 0.695. The van der Waals surface area contributed by atoms with E-state index in [1.54, 1.807) is 12.1 Å². The number of hydrogen-bond acceptors (Lipinski definition) is 4. The van der Waals surface area contributed by atoms with Crippen LogP contribution in [0.1, 0.15) is 16.8 Å². The summed E-state index contributed by atoms with van der Waals surface area (Å²) >= 11 is 0. The van der Waals surface area contributed by atoms with E-state index in [-0.39, 0.29) is 11.4 Å². The molecule has 1 aromatic heterocycles. The fraction of sp³-hybridized carbons (Fsp3) is 0.125. The summed E-state index contributed by atoms with van der Waals surface area (Å²) in [4.78, 5) is 15.0. The number of aryl methyl sites for hydroxylation is 1. The minimum absolute atomic E-state index is 0.100. The molecule has 0 bridgehead atoms. The van der Waals surface area contributed by atoms with Gasteiger partial charge in [-0.25, -0.2) is 9.78 Å². The number of esters is 1. The summed E-state index contributed by atoms with van der Waals surface area (Å²) in [6.45, 7) is 1.83. The Hall–Kier alpha value is -2.83. The van der Waals surface area contributed by atoms with Gasteiger partial charge in [0.15, 0.2) is 0 Å². The van der Waals surface area contributed by atoms with E-state index < -0.39 is 17.8 Å². The molecule has 0 amide bonds. The Kier molecular flexibility index (Phi) is 4.68. The molecule has 0 spiro atoms. The molecule has 0 saturated carbocycles. The number of nitrogens with two attached hydrogens (primary N) is 1. The number of benzene rings is 1. The van der Waals surface area contributed by atoms with E-state index >= 15 is 0 Å². The van der Waals surface area contributed by atoms with Crippen LogP contribution in [0, 0.1) is 6.92 Å². The van der Waals surface area contributed by atoms with Crippen molar-refractivity contribution >= 4 is 11.7 Å². The summed E-state index contributed by atoms with van der Waals surface area (Å²) in [6, 6.07) is 8.93. The molecule has 0 atom stereocenters. The molecule has 4 nitrogen and oxygen atoms in total. The van der Waals surface area contributed by atoms with Crippen LogP contribution in [0.25, 0.3) is 5.70 Å². The molecule has 0 fully saturated rings. The summed E-state index contributed by atoms with van der Waals surface area (Å²) in [6.07, 6.45) is -2.64. The number of aromatic nitrogens is 1. The van der Waals surface area contributed by atoms with Gasteiger partial charge in [-0.05, 0) is 24.6 Å². The molecule has 2 aromatic rings. The molecule has 0 unspecified atom stereocenters. The number of alkyl halides is 3. The smallest absolute Gasteiger partial charge is 0.422 e. The monoisotopic (exact) mass is 322 g/mol. The van der Waals surface area contributed by atoms with E-state index in [0.717, 1.165) is 30.0 Å². The van der Waals surface area contributed by atoms with Gasteiger partial charge < -0.3 is 10.5 Å². The van der Waals surface area contributed by atoms with Gasteiger partial charge in [0.05, 0.1) is 6.20 Å². The van der Waals surface area contributed by atoms with Gasteiger partial charge in [-0.3, -0.25) is 0 Å². The summed E-state index contributed by atoms with van der Waals surface area (Å²) in [5.74, 6) is -0.899. The Morgan fingerprint density at radius 3 is 2.48 bits per heavy atom. The van der Waals surface area contributed by atoms with Gasteiger partial charge in [-0.15, -0.1) is 0 Å². The SMILES string of the molecule is Cc1ccccc1C(N)=CC(=O)Oc1ccc(C(F)(F)F)nc1. The molecule has 2 rings (SSSR count). The van der Waals surface area contributed by atoms with Crippen molar-refractivity contribution in [1.82, 2.24) is 4.98 Å². The summed E-state index contributed by atoms with van der Waals surface area (Å²) < 4.78 is 42.0. The topological polar surface area (TPSA) is 65.2 Å². The van der Waals surface area contributed by atoms with Crippen LogP contribution >= 0.6 is 0 Å². The number of carbonyl (C=O) groups excluding carboxylic acids is 1. The number of carbonyl (C=O) groups is 1. The van der Waals surface area contributed by atoms with E-state index in [4.69, 9.17) is 10.5 Å². The maximum absolute atomic E-state index is 12.4. The van der Waals surface area contributed by atoms with Gasteiger partial charge in [-0.1, -0.05) is 24.3 Å². The lowest BCUT2D eigenvalue weighted by atomic mass is 10.1. The minimum Gasteiger partial charge on any atom is -0.422 e. The van der Waals surface area contributed by atoms with Gasteiger partial charge in [0.25, 0.3) is 0 Å². The first-order valence-electron chi connectivity index (χ1n) is 6.55. The van der Waals surface area contributed by atoms with Crippen LogP contribution in [0.3, 0.4) is 0 Å². The molecule has 1 aromatic carbocycles. The van der Waals surface area contributed by atoms with Gasteiger partial charge >= 0.3 is 12.1 Å². The predicted octanol–water partition coefficient (Wildman–Crippen LogP) is 3.31. The maximum Gasteiger partial charge on any atom is 0.433 e. The standard InChI is InChI=1S/C16H13F3N2O2/c1-10-4-2-3-5-12(10)13(20)8-15(22)23-11-6-7-14(21-9-11)16(17,18)19/h2-9H,20H2,1H3. The molecule has 120 valence electrons. The van der Waals surface area contributed by atoms with Crippen LogP contribution in [-0.2, 0) is 11.0 Å². The predicted molar refractivity (Wildman–Crippen MR) is 78.2 cm³/mol. The lowest BCUT2D eigenvalue weighted by Gasteiger charge is -2.07. The van der Waals surface area contributed by atoms with Crippen LogP contribution < -0.4 is 10.5 Å². The normalized spacial score (nSPS) is 12.1. The van der Waals surface area contributed by atoms with Crippen LogP contribution in [0.4, 0.5) is 13.2 Å². The molecule has 0 aliphatic heterocycles. The van der Waals surface area contributed by atoms with Crippen molar-refractivity contribution in [3.63, 3.8) is 0 Å². The van der Waals surface area contributed by atoms with E-state index in [0.29, 0.717) is 5.56 Å². The van der Waals surface area contributed by atoms with E-state index in [9.17, 15) is 18.0 Å². The van der Waals surface area contributed by atoms with Crippen molar-refractivity contribution in [2.24, 2.45) is 5.73 Å². The average molecular weight is 322 g/mol. The Morgan fingerprint density at radius 1 is 1.22 bits per heavy atom. The molecule has 0 aliphatic carbocycles. The number of nitrogens with zero attached hydrogens (tertiary/aromatic N) is 1. The van der Waals surface area contributed by atoms with Crippen molar-refractivity contribution in [3.8, 4) is 5.75 Å². The van der Waals surface area contributed by atoms with Gasteiger partial charge in [0.1, 0.15) is 11.4 Å². The second-order valence-electron chi connectivity index (χ2n) is 4.71. The Labute approximate surface area is 130 Å². The van der Waals surface area contributed by atoms with Crippen LogP contribution in [0.15, 0.2) is 48.7 Å². The fourth-order valence-electron chi connectivity index (χ4n) is 1.86. The first kappa shape index (κ1) is 16.5. The Balaban J connectivity index is 2.10. The second kappa shape index (κ2) is 6.51. The largest absolute Gasteiger partial charge is 0.433 e. The highest BCUT2D eigenvalue weighted by atomic mass is 19.4. The average Bonchev–Trinajstić information content (AvgIpc) is 2.47. The number of rotatable bonds is 3. The van der Waals surface area contributed by atoms with Crippen molar-refractivity contribution < 1.29 is 22.7 Å². The minimum atomic E-state index is -4.54. The maximum atomic E-state index is 12.4. The first-order chi connectivity index (χ1) is 10.8. The van der Waals surface area contributed by atoms with Gasteiger partial charge in [-0.2, -0.15) is 13.2 Å². The summed E-state index contributed by atoms with van der Waals surface area (Å²) in [5.41, 5.74) is 6.52. The van der Waals surface area contributed by atoms with E-state index in [2.05, 4.69) is 4.98 Å². The molecular weight excluding hydrogens is 309 g/mol. The first-order valence-corrected chi connectivity index (χ1v) is 6.55. The lowest BCUT2D eigenvalue weighted by molar-refractivity contribution is -0.141. The Bertz CT molecular complexity index is 738. The van der Waals surface area contributed by atoms with E-state index in [1.807, 2.05) is 19.1 Å². The summed E-state index contributed by atoms with van der Waals surface area (Å²) in [7, 11) is 0. The molecule has 0 radical (unpaired) electrons. The number of halogens is 3. The third-order valence-electron chi connectivity index (χ3n) is 2.97. The highest BCUT2D eigenvalue weighted by Crippen LogP contribution is 2.28. The zero-order valence-corrected chi connectivity index (χ0v) is 12.1. The second-order valence-corrected chi connectivity index (χ2v) is 4.71. The lowest BCUT2D eigenvalue weighted by Crippen LogP contribution is -2.10. The fourth-order valence-corrected chi connectivity index (χ4v) is 1.86. The molecular formula is C16H13F3N2O2. The molecule has 7 heteroatoms. The number of hydrogen-bond donors (Lipinski definition) is 1. The van der Waals surface area contributed by atoms with Crippen LogP contribution in [0.5, 0.6) is 5.75 Å². The van der Waals surface area contributed by atoms with E-state index in [1.165, 1.54) is 0 Å².